The Morgan fingerprint density at radius 1 is 0.960 bits per heavy atom. The van der Waals surface area contributed by atoms with E-state index in [0.29, 0.717) is 13.2 Å². The molecule has 1 aromatic heterocycles. The fourth-order valence-electron chi connectivity index (χ4n) is 2.57. The first kappa shape index (κ1) is 17.0. The zero-order valence-electron chi connectivity index (χ0n) is 14.2. The highest BCUT2D eigenvalue weighted by Crippen LogP contribution is 2.21. The molecule has 0 radical (unpaired) electrons. The van der Waals surface area contributed by atoms with Gasteiger partial charge in [-0.25, -0.2) is 0 Å². The lowest BCUT2D eigenvalue weighted by molar-refractivity contribution is -0.142. The minimum Gasteiger partial charge on any atom is -0.461 e. The van der Waals surface area contributed by atoms with Crippen LogP contribution in [-0.4, -0.2) is 5.97 Å². The summed E-state index contributed by atoms with van der Waals surface area (Å²) < 4.78 is 10.9. The van der Waals surface area contributed by atoms with E-state index in [1.54, 1.807) is 0 Å². The largest absolute Gasteiger partial charge is 0.461 e. The van der Waals surface area contributed by atoms with Gasteiger partial charge in [-0.05, 0) is 23.3 Å². The van der Waals surface area contributed by atoms with Crippen molar-refractivity contribution in [3.8, 4) is 11.3 Å². The van der Waals surface area contributed by atoms with Crippen LogP contribution in [0.5, 0.6) is 0 Å². The van der Waals surface area contributed by atoms with Gasteiger partial charge in [-0.1, -0.05) is 54.6 Å². The maximum atomic E-state index is 10.9. The van der Waals surface area contributed by atoms with E-state index in [9.17, 15) is 4.79 Å². The number of hydrogen-bond donors (Lipinski definition) is 1. The third-order valence-corrected chi connectivity index (χ3v) is 3.78. The Bertz CT molecular complexity index is 824. The molecule has 128 valence electrons. The van der Waals surface area contributed by atoms with Crippen LogP contribution in [0.15, 0.2) is 71.1 Å². The van der Waals surface area contributed by atoms with Gasteiger partial charge in [0.2, 0.25) is 0 Å². The summed E-state index contributed by atoms with van der Waals surface area (Å²) >= 11 is 0. The molecule has 0 atom stereocenters. The number of nitrogens with one attached hydrogen (secondary N) is 1. The van der Waals surface area contributed by atoms with Crippen molar-refractivity contribution in [2.75, 3.05) is 0 Å². The highest BCUT2D eigenvalue weighted by Gasteiger charge is 2.04. The van der Waals surface area contributed by atoms with Crippen LogP contribution in [-0.2, 0) is 29.2 Å². The molecule has 0 aliphatic rings. The van der Waals surface area contributed by atoms with Gasteiger partial charge >= 0.3 is 5.97 Å². The molecule has 0 aliphatic carbocycles. The lowest BCUT2D eigenvalue weighted by Gasteiger charge is -2.06. The van der Waals surface area contributed by atoms with Gasteiger partial charge in [0.15, 0.2) is 0 Å². The van der Waals surface area contributed by atoms with Crippen molar-refractivity contribution in [1.82, 2.24) is 5.32 Å². The molecular weight excluding hydrogens is 314 g/mol. The molecule has 0 amide bonds. The number of hydrogen-bond acceptors (Lipinski definition) is 4. The van der Waals surface area contributed by atoms with Crippen LogP contribution in [0.1, 0.15) is 23.8 Å². The molecule has 25 heavy (non-hydrogen) atoms. The van der Waals surface area contributed by atoms with E-state index in [0.717, 1.165) is 34.8 Å². The normalized spacial score (nSPS) is 10.6. The fraction of sp³-hybridized carbons (Fsp3) is 0.190. The summed E-state index contributed by atoms with van der Waals surface area (Å²) in [6, 6.07) is 22.0. The number of carbonyl (C=O) groups excluding carboxylic acids is 1. The van der Waals surface area contributed by atoms with Crippen molar-refractivity contribution in [3.05, 3.63) is 83.6 Å². The van der Waals surface area contributed by atoms with Crippen molar-refractivity contribution < 1.29 is 13.9 Å². The van der Waals surface area contributed by atoms with Crippen molar-refractivity contribution in [2.24, 2.45) is 0 Å². The molecule has 1 heterocycles. The van der Waals surface area contributed by atoms with Crippen molar-refractivity contribution >= 4 is 5.97 Å². The van der Waals surface area contributed by atoms with E-state index in [-0.39, 0.29) is 5.97 Å². The van der Waals surface area contributed by atoms with Crippen LogP contribution in [0.4, 0.5) is 0 Å². The van der Waals surface area contributed by atoms with Crippen LogP contribution in [0.2, 0.25) is 0 Å². The molecule has 0 unspecified atom stereocenters. The van der Waals surface area contributed by atoms with Gasteiger partial charge < -0.3 is 14.5 Å². The molecule has 2 aromatic carbocycles. The first-order valence-electron chi connectivity index (χ1n) is 8.27. The summed E-state index contributed by atoms with van der Waals surface area (Å²) in [7, 11) is 0. The minimum atomic E-state index is -0.268. The van der Waals surface area contributed by atoms with Gasteiger partial charge in [-0.2, -0.15) is 0 Å². The van der Waals surface area contributed by atoms with E-state index in [2.05, 4.69) is 5.32 Å². The smallest absolute Gasteiger partial charge is 0.302 e. The highest BCUT2D eigenvalue weighted by atomic mass is 16.5. The van der Waals surface area contributed by atoms with E-state index in [1.165, 1.54) is 6.92 Å². The average Bonchev–Trinajstić information content (AvgIpc) is 3.10. The number of carbonyl (C=O) groups is 1. The Balaban J connectivity index is 1.52. The fourth-order valence-corrected chi connectivity index (χ4v) is 2.57. The standard InChI is InChI=1S/C21H21NO3/c1-16(23)24-15-18-7-5-6-17(12-18)13-22-14-20-10-11-21(25-20)19-8-3-2-4-9-19/h2-12,22H,13-15H2,1H3. The number of furan rings is 1. The van der Waals surface area contributed by atoms with Crippen LogP contribution in [0, 0.1) is 0 Å². The zero-order valence-corrected chi connectivity index (χ0v) is 14.2. The van der Waals surface area contributed by atoms with Gasteiger partial charge in [-0.3, -0.25) is 4.79 Å². The third kappa shape index (κ3) is 5.06. The number of esters is 1. The van der Waals surface area contributed by atoms with Crippen LogP contribution < -0.4 is 5.32 Å². The van der Waals surface area contributed by atoms with Gasteiger partial charge in [-0.15, -0.1) is 0 Å². The van der Waals surface area contributed by atoms with Gasteiger partial charge in [0.05, 0.1) is 6.54 Å². The van der Waals surface area contributed by atoms with E-state index in [4.69, 9.17) is 9.15 Å². The summed E-state index contributed by atoms with van der Waals surface area (Å²) in [6.07, 6.45) is 0. The maximum Gasteiger partial charge on any atom is 0.302 e. The predicted octanol–water partition coefficient (Wildman–Crippen LogP) is 4.30. The lowest BCUT2D eigenvalue weighted by Crippen LogP contribution is -2.12. The Morgan fingerprint density at radius 2 is 1.76 bits per heavy atom. The molecule has 0 spiro atoms. The lowest BCUT2D eigenvalue weighted by atomic mass is 10.1. The first-order chi connectivity index (χ1) is 12.2. The van der Waals surface area contributed by atoms with E-state index in [1.807, 2.05) is 66.7 Å². The van der Waals surface area contributed by atoms with Gasteiger partial charge in [0.25, 0.3) is 0 Å². The van der Waals surface area contributed by atoms with Gasteiger partial charge in [0, 0.05) is 19.0 Å². The van der Waals surface area contributed by atoms with Gasteiger partial charge in [0.1, 0.15) is 18.1 Å². The second-order valence-corrected chi connectivity index (χ2v) is 5.84. The molecule has 3 aromatic rings. The summed E-state index contributed by atoms with van der Waals surface area (Å²) in [5.74, 6) is 1.51. The predicted molar refractivity (Wildman–Crippen MR) is 96.6 cm³/mol. The monoisotopic (exact) mass is 335 g/mol. The Hall–Kier alpha value is -2.85. The molecular formula is C21H21NO3. The Labute approximate surface area is 147 Å². The summed E-state index contributed by atoms with van der Waals surface area (Å²) in [4.78, 5) is 10.9. The quantitative estimate of drug-likeness (QED) is 0.654. The minimum absolute atomic E-state index is 0.268. The van der Waals surface area contributed by atoms with E-state index < -0.39 is 0 Å². The average molecular weight is 335 g/mol. The topological polar surface area (TPSA) is 51.5 Å². The Morgan fingerprint density at radius 3 is 2.56 bits per heavy atom. The summed E-state index contributed by atoms with van der Waals surface area (Å²) in [5.41, 5.74) is 3.20. The Kier molecular flexibility index (Phi) is 5.65. The maximum absolute atomic E-state index is 10.9. The second kappa shape index (κ2) is 8.31. The molecule has 0 bridgehead atoms. The van der Waals surface area contributed by atoms with Crippen molar-refractivity contribution in [2.45, 2.75) is 26.6 Å². The van der Waals surface area contributed by atoms with Crippen molar-refractivity contribution in [3.63, 3.8) is 0 Å². The molecule has 0 saturated heterocycles. The number of rotatable bonds is 7. The van der Waals surface area contributed by atoms with Crippen LogP contribution >= 0.6 is 0 Å². The summed E-state index contributed by atoms with van der Waals surface area (Å²) in [6.45, 7) is 3.09. The summed E-state index contributed by atoms with van der Waals surface area (Å²) in [5, 5.41) is 3.37. The zero-order chi connectivity index (χ0) is 17.5. The number of benzene rings is 2. The number of ether oxygens (including phenoxy) is 1. The van der Waals surface area contributed by atoms with E-state index >= 15 is 0 Å². The molecule has 0 aliphatic heterocycles. The van der Waals surface area contributed by atoms with Crippen LogP contribution in [0.25, 0.3) is 11.3 Å². The second-order valence-electron chi connectivity index (χ2n) is 5.84. The molecule has 1 N–H and O–H groups in total. The van der Waals surface area contributed by atoms with Crippen molar-refractivity contribution in [1.29, 1.82) is 0 Å². The molecule has 0 fully saturated rings. The first-order valence-corrected chi connectivity index (χ1v) is 8.27. The highest BCUT2D eigenvalue weighted by molar-refractivity contribution is 5.65. The third-order valence-electron chi connectivity index (χ3n) is 3.78. The molecule has 3 rings (SSSR count). The molecule has 4 heteroatoms. The SMILES string of the molecule is CC(=O)OCc1cccc(CNCc2ccc(-c3ccccc3)o2)c1. The molecule has 0 saturated carbocycles. The molecule has 4 nitrogen and oxygen atoms in total. The van der Waals surface area contributed by atoms with Crippen LogP contribution in [0.3, 0.4) is 0 Å².